The Morgan fingerprint density at radius 3 is 2.64 bits per heavy atom. The second-order valence-corrected chi connectivity index (χ2v) is 8.02. The molecule has 12 heteroatoms. The van der Waals surface area contributed by atoms with Crippen LogP contribution >= 0.6 is 11.3 Å². The third-order valence-corrected chi connectivity index (χ3v) is 5.91. The zero-order valence-corrected chi connectivity index (χ0v) is 19.1. The van der Waals surface area contributed by atoms with E-state index in [2.05, 4.69) is 30.5 Å². The molecule has 172 valence electrons. The zero-order chi connectivity index (χ0) is 23.4. The average molecular weight is 471 g/mol. The Bertz CT molecular complexity index is 1160. The number of nitrogens with zero attached hydrogens (tertiary/aromatic N) is 4. The third-order valence-electron chi connectivity index (χ3n) is 4.92. The Balaban J connectivity index is 1.46. The van der Waals surface area contributed by atoms with Crippen LogP contribution in [0.15, 0.2) is 30.3 Å². The van der Waals surface area contributed by atoms with Crippen LogP contribution in [0.2, 0.25) is 0 Å². The summed E-state index contributed by atoms with van der Waals surface area (Å²) >= 11 is 1.39. The number of aromatic nitrogens is 3. The van der Waals surface area contributed by atoms with Crippen molar-refractivity contribution >= 4 is 40.0 Å². The number of carbonyl (C=O) groups is 2. The van der Waals surface area contributed by atoms with Crippen LogP contribution in [0.3, 0.4) is 0 Å². The largest absolute Gasteiger partial charge is 0.481 e. The summed E-state index contributed by atoms with van der Waals surface area (Å²) in [4.78, 5) is 40.6. The van der Waals surface area contributed by atoms with Gasteiger partial charge in [0.15, 0.2) is 5.13 Å². The number of amides is 2. The molecule has 0 saturated heterocycles. The van der Waals surface area contributed by atoms with Gasteiger partial charge in [-0.15, -0.1) is 0 Å². The maximum atomic E-state index is 12.5. The van der Waals surface area contributed by atoms with Crippen LogP contribution in [-0.2, 0) is 17.7 Å². The van der Waals surface area contributed by atoms with Crippen molar-refractivity contribution in [1.29, 1.82) is 0 Å². The van der Waals surface area contributed by atoms with Crippen molar-refractivity contribution in [3.8, 4) is 11.9 Å². The number of urea groups is 1. The zero-order valence-electron chi connectivity index (χ0n) is 18.2. The Morgan fingerprint density at radius 2 is 1.88 bits per heavy atom. The van der Waals surface area contributed by atoms with Crippen LogP contribution in [0.4, 0.5) is 21.4 Å². The standard InChI is InChI=1S/C21H22N6O5S/c1-30-17-10-16(24-20(25-17)32-3)27-9-8-14-15(11-27)33-21(23-14)26-19(29)22-13-7-5-4-6-12(13)18(28)31-2/h4-7,10H,8-9,11H2,1-3H3,(H2,22,23,26,29). The average Bonchev–Trinajstić information content (AvgIpc) is 3.24. The van der Waals surface area contributed by atoms with Gasteiger partial charge in [0, 0.05) is 23.9 Å². The lowest BCUT2D eigenvalue weighted by molar-refractivity contribution is 0.0602. The first-order chi connectivity index (χ1) is 16.0. The summed E-state index contributed by atoms with van der Waals surface area (Å²) in [6, 6.07) is 8.09. The van der Waals surface area contributed by atoms with E-state index in [1.165, 1.54) is 32.7 Å². The molecule has 0 aliphatic carbocycles. The van der Waals surface area contributed by atoms with Crippen molar-refractivity contribution in [1.82, 2.24) is 15.0 Å². The summed E-state index contributed by atoms with van der Waals surface area (Å²) in [5.41, 5.74) is 1.54. The number of para-hydroxylation sites is 1. The van der Waals surface area contributed by atoms with Gasteiger partial charge in [0.2, 0.25) is 5.88 Å². The highest BCUT2D eigenvalue weighted by atomic mass is 32.1. The van der Waals surface area contributed by atoms with Gasteiger partial charge in [-0.25, -0.2) is 14.6 Å². The van der Waals surface area contributed by atoms with E-state index in [9.17, 15) is 9.59 Å². The summed E-state index contributed by atoms with van der Waals surface area (Å²) in [6.45, 7) is 1.27. The molecule has 0 spiro atoms. The number of fused-ring (bicyclic) bond motifs is 1. The number of thiazole rings is 1. The lowest BCUT2D eigenvalue weighted by Gasteiger charge is -2.27. The molecule has 0 saturated carbocycles. The van der Waals surface area contributed by atoms with Gasteiger partial charge in [-0.1, -0.05) is 23.5 Å². The minimum Gasteiger partial charge on any atom is -0.481 e. The maximum absolute atomic E-state index is 12.5. The molecule has 2 N–H and O–H groups in total. The summed E-state index contributed by atoms with van der Waals surface area (Å²) in [5.74, 6) is 0.566. The monoisotopic (exact) mass is 470 g/mol. The first-order valence-corrected chi connectivity index (χ1v) is 10.8. The molecule has 11 nitrogen and oxygen atoms in total. The van der Waals surface area contributed by atoms with Crippen LogP contribution in [0.25, 0.3) is 0 Å². The molecular weight excluding hydrogens is 448 g/mol. The molecule has 2 aromatic heterocycles. The van der Waals surface area contributed by atoms with Crippen LogP contribution in [-0.4, -0.2) is 54.8 Å². The molecule has 1 aliphatic rings. The molecule has 0 radical (unpaired) electrons. The van der Waals surface area contributed by atoms with Crippen molar-refractivity contribution in [2.24, 2.45) is 0 Å². The predicted molar refractivity (Wildman–Crippen MR) is 122 cm³/mol. The Kier molecular flexibility index (Phi) is 6.54. The second-order valence-electron chi connectivity index (χ2n) is 6.93. The summed E-state index contributed by atoms with van der Waals surface area (Å²) in [5, 5.41) is 5.88. The lowest BCUT2D eigenvalue weighted by Crippen LogP contribution is -2.30. The number of hydrogen-bond acceptors (Lipinski definition) is 10. The molecule has 0 unspecified atom stereocenters. The van der Waals surface area contributed by atoms with Gasteiger partial charge < -0.3 is 24.4 Å². The highest BCUT2D eigenvalue weighted by Gasteiger charge is 2.24. The summed E-state index contributed by atoms with van der Waals surface area (Å²) in [7, 11) is 4.33. The number of hydrogen-bond donors (Lipinski definition) is 2. The van der Waals surface area contributed by atoms with E-state index in [0.29, 0.717) is 42.0 Å². The molecule has 2 amide bonds. The van der Waals surface area contributed by atoms with Crippen LogP contribution < -0.4 is 25.0 Å². The fourth-order valence-electron chi connectivity index (χ4n) is 3.33. The van der Waals surface area contributed by atoms with E-state index in [-0.39, 0.29) is 11.6 Å². The fraction of sp³-hybridized carbons (Fsp3) is 0.286. The van der Waals surface area contributed by atoms with Gasteiger partial charge >= 0.3 is 18.0 Å². The topological polar surface area (TPSA) is 128 Å². The number of ether oxygens (including phenoxy) is 3. The SMILES string of the molecule is COC(=O)c1ccccc1NC(=O)Nc1nc2c(s1)CN(c1cc(OC)nc(OC)n1)CC2. The van der Waals surface area contributed by atoms with E-state index in [0.717, 1.165) is 10.6 Å². The van der Waals surface area contributed by atoms with Gasteiger partial charge in [0.1, 0.15) is 5.82 Å². The number of rotatable bonds is 6. The van der Waals surface area contributed by atoms with Gasteiger partial charge in [0.05, 0.1) is 44.8 Å². The van der Waals surface area contributed by atoms with Gasteiger partial charge in [-0.3, -0.25) is 5.32 Å². The van der Waals surface area contributed by atoms with Crippen LogP contribution in [0, 0.1) is 0 Å². The number of methoxy groups -OCH3 is 3. The van der Waals surface area contributed by atoms with E-state index >= 15 is 0 Å². The minimum absolute atomic E-state index is 0.228. The second kappa shape index (κ2) is 9.69. The fourth-order valence-corrected chi connectivity index (χ4v) is 4.34. The first-order valence-electron chi connectivity index (χ1n) is 9.96. The molecule has 3 aromatic rings. The van der Waals surface area contributed by atoms with Crippen LogP contribution in [0.1, 0.15) is 20.9 Å². The van der Waals surface area contributed by atoms with E-state index in [4.69, 9.17) is 14.2 Å². The molecule has 33 heavy (non-hydrogen) atoms. The van der Waals surface area contributed by atoms with Gasteiger partial charge in [-0.2, -0.15) is 9.97 Å². The summed E-state index contributed by atoms with van der Waals surface area (Å²) in [6.07, 6.45) is 0.689. The Hall–Kier alpha value is -3.93. The molecule has 1 aliphatic heterocycles. The molecule has 4 rings (SSSR count). The normalized spacial score (nSPS) is 12.5. The number of esters is 1. The van der Waals surface area contributed by atoms with Gasteiger partial charge in [-0.05, 0) is 12.1 Å². The van der Waals surface area contributed by atoms with Crippen molar-refractivity contribution in [3.05, 3.63) is 46.5 Å². The molecule has 0 atom stereocenters. The Morgan fingerprint density at radius 1 is 1.06 bits per heavy atom. The highest BCUT2D eigenvalue weighted by Crippen LogP contribution is 2.31. The molecule has 3 heterocycles. The number of nitrogens with one attached hydrogen (secondary N) is 2. The number of anilines is 3. The first kappa shape index (κ1) is 22.3. The molecule has 0 fully saturated rings. The minimum atomic E-state index is -0.534. The van der Waals surface area contributed by atoms with Crippen molar-refractivity contribution < 1.29 is 23.8 Å². The van der Waals surface area contributed by atoms with Crippen molar-refractivity contribution in [3.63, 3.8) is 0 Å². The quantitative estimate of drug-likeness (QED) is 0.523. The molecule has 1 aromatic carbocycles. The third kappa shape index (κ3) is 4.95. The highest BCUT2D eigenvalue weighted by molar-refractivity contribution is 7.15. The maximum Gasteiger partial charge on any atom is 0.339 e. The van der Waals surface area contributed by atoms with Gasteiger partial charge in [0.25, 0.3) is 0 Å². The summed E-state index contributed by atoms with van der Waals surface area (Å²) < 4.78 is 15.2. The molecule has 0 bridgehead atoms. The predicted octanol–water partition coefficient (Wildman–Crippen LogP) is 2.94. The van der Waals surface area contributed by atoms with Crippen molar-refractivity contribution in [2.75, 3.05) is 43.4 Å². The molecular formula is C21H22N6O5S. The van der Waals surface area contributed by atoms with E-state index < -0.39 is 12.0 Å². The number of carbonyl (C=O) groups excluding carboxylic acids is 2. The number of benzene rings is 1. The smallest absolute Gasteiger partial charge is 0.339 e. The van der Waals surface area contributed by atoms with E-state index in [1.54, 1.807) is 30.3 Å². The van der Waals surface area contributed by atoms with Crippen LogP contribution in [0.5, 0.6) is 11.9 Å². The van der Waals surface area contributed by atoms with E-state index in [1.807, 2.05) is 0 Å². The lowest BCUT2D eigenvalue weighted by atomic mass is 10.2. The Labute approximate surface area is 193 Å². The van der Waals surface area contributed by atoms with Crippen molar-refractivity contribution in [2.45, 2.75) is 13.0 Å².